The highest BCUT2D eigenvalue weighted by Crippen LogP contribution is 2.26. The number of amides is 1. The van der Waals surface area contributed by atoms with E-state index >= 15 is 0 Å². The third-order valence-electron chi connectivity index (χ3n) is 11.4. The van der Waals surface area contributed by atoms with Crippen LogP contribution in [0.3, 0.4) is 0 Å². The highest BCUT2D eigenvalue weighted by molar-refractivity contribution is 7.80. The summed E-state index contributed by atoms with van der Waals surface area (Å²) in [5.74, 6) is -0.701. The third-order valence-corrected chi connectivity index (χ3v) is 11.9. The lowest BCUT2D eigenvalue weighted by molar-refractivity contribution is -0.298. The zero-order valence-corrected chi connectivity index (χ0v) is 37.8. The topological polar surface area (TPSA) is 212 Å². The van der Waals surface area contributed by atoms with Crippen LogP contribution in [-0.2, 0) is 28.9 Å². The van der Waals surface area contributed by atoms with Crippen molar-refractivity contribution in [1.29, 1.82) is 0 Å². The molecule has 1 amide bonds. The number of unbranched alkanes of at least 4 members (excludes halogenated alkanes) is 27. The van der Waals surface area contributed by atoms with E-state index in [1.807, 2.05) is 6.08 Å². The smallest absolute Gasteiger partial charge is 0.394 e. The number of carbonyl (C=O) groups excluding carboxylic acids is 1. The standard InChI is InChI=1S/C45H87NO12S/c1-3-5-7-9-11-13-15-17-18-19-20-21-22-24-25-27-29-31-33-38(48)37(36-56-45-42(51)43(58-59(53,54)55)41(50)40(35-47)57-45)46-44(52)39(49)34-32-30-28-26-23-16-14-12-10-8-6-4-2/h31,33,37-43,45,47-51H,3-30,32,34-36H2,1-2H3,(H,46,52)(H,53,54,55)/b33-31+. The summed E-state index contributed by atoms with van der Waals surface area (Å²) < 4.78 is 47.5. The minimum Gasteiger partial charge on any atom is -0.394 e. The highest BCUT2D eigenvalue weighted by Gasteiger charge is 2.48. The summed E-state index contributed by atoms with van der Waals surface area (Å²) >= 11 is 0. The lowest BCUT2D eigenvalue weighted by Gasteiger charge is -2.41. The first kappa shape index (κ1) is 55.8. The molecule has 1 rings (SSSR count). The van der Waals surface area contributed by atoms with Crippen molar-refractivity contribution in [3.05, 3.63) is 12.2 Å². The van der Waals surface area contributed by atoms with Crippen LogP contribution in [-0.4, -0.2) is 107 Å². The first-order valence-corrected chi connectivity index (χ1v) is 25.0. The zero-order valence-electron chi connectivity index (χ0n) is 36.9. The molecule has 0 aromatic carbocycles. The Morgan fingerprint density at radius 2 is 1.10 bits per heavy atom. The molecule has 1 heterocycles. The third kappa shape index (κ3) is 28.9. The minimum atomic E-state index is -5.11. The van der Waals surface area contributed by atoms with Gasteiger partial charge in [0.1, 0.15) is 30.5 Å². The van der Waals surface area contributed by atoms with Crippen molar-refractivity contribution in [3.8, 4) is 0 Å². The van der Waals surface area contributed by atoms with E-state index in [4.69, 9.17) is 9.47 Å². The number of aliphatic hydroxyl groups excluding tert-OH is 5. The first-order chi connectivity index (χ1) is 28.4. The first-order valence-electron chi connectivity index (χ1n) is 23.7. The van der Waals surface area contributed by atoms with Crippen molar-refractivity contribution in [2.45, 2.75) is 255 Å². The van der Waals surface area contributed by atoms with Crippen LogP contribution in [0.25, 0.3) is 0 Å². The number of carbonyl (C=O) groups is 1. The number of rotatable bonds is 40. The Kier molecular flexibility index (Phi) is 34.3. The maximum Gasteiger partial charge on any atom is 0.397 e. The van der Waals surface area contributed by atoms with Crippen molar-refractivity contribution >= 4 is 16.3 Å². The summed E-state index contributed by atoms with van der Waals surface area (Å²) in [5.41, 5.74) is 0. The summed E-state index contributed by atoms with van der Waals surface area (Å²) in [7, 11) is -5.11. The fourth-order valence-corrected chi connectivity index (χ4v) is 8.15. The maximum atomic E-state index is 13.1. The molecule has 14 heteroatoms. The normalized spacial score (nSPS) is 21.5. The van der Waals surface area contributed by atoms with Crippen LogP contribution in [0.5, 0.6) is 0 Å². The number of hydrogen-bond acceptors (Lipinski definition) is 11. The summed E-state index contributed by atoms with van der Waals surface area (Å²) in [6, 6.07) is -1.11. The maximum absolute atomic E-state index is 13.1. The van der Waals surface area contributed by atoms with Crippen LogP contribution >= 0.6 is 0 Å². The van der Waals surface area contributed by atoms with Gasteiger partial charge in [0.2, 0.25) is 5.91 Å². The molecule has 350 valence electrons. The number of ether oxygens (including phenoxy) is 2. The summed E-state index contributed by atoms with van der Waals surface area (Å²) in [5, 5.41) is 55.2. The molecular weight excluding hydrogens is 779 g/mol. The zero-order chi connectivity index (χ0) is 43.6. The van der Waals surface area contributed by atoms with Gasteiger partial charge < -0.3 is 40.3 Å². The molecule has 0 aromatic rings. The quantitative estimate of drug-likeness (QED) is 0.0177. The molecule has 13 nitrogen and oxygen atoms in total. The molecule has 8 atom stereocenters. The fraction of sp³-hybridized carbons (Fsp3) is 0.933. The van der Waals surface area contributed by atoms with Crippen LogP contribution in [0.1, 0.15) is 206 Å². The summed E-state index contributed by atoms with van der Waals surface area (Å²) in [4.78, 5) is 13.1. The molecule has 0 bridgehead atoms. The molecule has 0 saturated carbocycles. The molecule has 7 N–H and O–H groups in total. The second kappa shape index (κ2) is 36.3. The lowest BCUT2D eigenvalue weighted by Crippen LogP contribution is -2.61. The van der Waals surface area contributed by atoms with Gasteiger partial charge in [-0.1, -0.05) is 199 Å². The molecule has 1 fully saturated rings. The molecule has 1 saturated heterocycles. The van der Waals surface area contributed by atoms with E-state index in [2.05, 4.69) is 23.3 Å². The van der Waals surface area contributed by atoms with Crippen LogP contribution in [0, 0.1) is 0 Å². The number of aliphatic hydroxyl groups is 5. The van der Waals surface area contributed by atoms with E-state index in [0.717, 1.165) is 38.5 Å². The average Bonchev–Trinajstić information content (AvgIpc) is 3.20. The molecule has 0 aromatic heterocycles. The Balaban J connectivity index is 2.57. The molecule has 0 radical (unpaired) electrons. The van der Waals surface area contributed by atoms with Crippen LogP contribution < -0.4 is 5.32 Å². The predicted octanol–water partition coefficient (Wildman–Crippen LogP) is 8.14. The van der Waals surface area contributed by atoms with E-state index in [0.29, 0.717) is 12.8 Å². The highest BCUT2D eigenvalue weighted by atomic mass is 32.3. The van der Waals surface area contributed by atoms with Gasteiger partial charge in [-0.2, -0.15) is 8.42 Å². The monoisotopic (exact) mass is 866 g/mol. The predicted molar refractivity (Wildman–Crippen MR) is 233 cm³/mol. The Hall–Kier alpha value is -1.20. The molecule has 1 aliphatic heterocycles. The van der Waals surface area contributed by atoms with Crippen molar-refractivity contribution in [2.75, 3.05) is 13.2 Å². The number of nitrogens with one attached hydrogen (secondary N) is 1. The van der Waals surface area contributed by atoms with Gasteiger partial charge in [-0.15, -0.1) is 0 Å². The van der Waals surface area contributed by atoms with Crippen molar-refractivity contribution in [1.82, 2.24) is 5.32 Å². The van der Waals surface area contributed by atoms with Gasteiger partial charge in [0, 0.05) is 0 Å². The second-order valence-corrected chi connectivity index (χ2v) is 17.9. The van der Waals surface area contributed by atoms with Crippen molar-refractivity contribution in [3.63, 3.8) is 0 Å². The van der Waals surface area contributed by atoms with E-state index in [1.165, 1.54) is 135 Å². The molecule has 59 heavy (non-hydrogen) atoms. The fourth-order valence-electron chi connectivity index (χ4n) is 7.64. The van der Waals surface area contributed by atoms with Crippen LogP contribution in [0.15, 0.2) is 12.2 Å². The van der Waals surface area contributed by atoms with Gasteiger partial charge >= 0.3 is 10.4 Å². The molecule has 0 aliphatic carbocycles. The van der Waals surface area contributed by atoms with Gasteiger partial charge in [0.15, 0.2) is 6.29 Å². The van der Waals surface area contributed by atoms with Gasteiger partial charge in [0.25, 0.3) is 0 Å². The second-order valence-electron chi connectivity index (χ2n) is 16.8. The Labute approximate surface area is 358 Å². The SMILES string of the molecule is CCCCCCCCCCCCCCCCCC/C=C/C(O)C(COC1OC(CO)C(O)C(OS(=O)(=O)O)C1O)NC(=O)C(O)CCCCCCCCCCCCCC. The van der Waals surface area contributed by atoms with Crippen LogP contribution in [0.2, 0.25) is 0 Å². The van der Waals surface area contributed by atoms with E-state index < -0.39 is 78.5 Å². The molecule has 0 spiro atoms. The Bertz CT molecular complexity index is 1130. The lowest BCUT2D eigenvalue weighted by atomic mass is 9.99. The largest absolute Gasteiger partial charge is 0.397 e. The van der Waals surface area contributed by atoms with E-state index in [-0.39, 0.29) is 6.42 Å². The van der Waals surface area contributed by atoms with Gasteiger partial charge in [-0.25, -0.2) is 4.18 Å². The Morgan fingerprint density at radius 1 is 0.678 bits per heavy atom. The summed E-state index contributed by atoms with van der Waals surface area (Å²) in [6.45, 7) is 3.22. The average molecular weight is 866 g/mol. The van der Waals surface area contributed by atoms with Gasteiger partial charge in [0.05, 0.1) is 25.4 Å². The number of hydrogen-bond donors (Lipinski definition) is 7. The molecule has 1 aliphatic rings. The minimum absolute atomic E-state index is 0.247. The van der Waals surface area contributed by atoms with Gasteiger partial charge in [-0.3, -0.25) is 9.35 Å². The van der Waals surface area contributed by atoms with Gasteiger partial charge in [-0.05, 0) is 19.3 Å². The summed E-state index contributed by atoms with van der Waals surface area (Å²) in [6.07, 6.45) is 27.2. The molecular formula is C45H87NO12S. The van der Waals surface area contributed by atoms with E-state index in [1.54, 1.807) is 6.08 Å². The van der Waals surface area contributed by atoms with Crippen molar-refractivity contribution < 1.29 is 57.0 Å². The molecule has 8 unspecified atom stereocenters. The Morgan fingerprint density at radius 3 is 1.53 bits per heavy atom. The van der Waals surface area contributed by atoms with Crippen LogP contribution in [0.4, 0.5) is 0 Å². The van der Waals surface area contributed by atoms with Crippen molar-refractivity contribution in [2.24, 2.45) is 0 Å². The number of allylic oxidation sites excluding steroid dienone is 1. The van der Waals surface area contributed by atoms with E-state index in [9.17, 15) is 43.3 Å².